The van der Waals surface area contributed by atoms with E-state index in [4.69, 9.17) is 23.9 Å². The molecular weight excluding hydrogens is 448 g/mol. The van der Waals surface area contributed by atoms with Gasteiger partial charge in [0.2, 0.25) is 5.91 Å². The standard InChI is InChI=1S/C27H32N2O6/c1-5-34-25-13-20-21-12-19(35-16(2)30)9-10-23(21)29-27(22(20)14-24(25)33-4)17-7-6-8-18(11-17)28-26(31)15-32-3/h6-8,11,13-14,19,21,23H,5,9-10,12,15H2,1-4H3,(H,28,31). The van der Waals surface area contributed by atoms with Crippen LogP contribution in [0.3, 0.4) is 0 Å². The van der Waals surface area contributed by atoms with Crippen molar-refractivity contribution in [1.82, 2.24) is 0 Å². The van der Waals surface area contributed by atoms with E-state index in [-0.39, 0.29) is 36.5 Å². The minimum absolute atomic E-state index is 0.0152. The Bertz CT molecular complexity index is 1130. The molecule has 1 aliphatic heterocycles. The van der Waals surface area contributed by atoms with Crippen molar-refractivity contribution < 1.29 is 28.5 Å². The molecule has 1 aliphatic carbocycles. The summed E-state index contributed by atoms with van der Waals surface area (Å²) in [5.41, 5.74) is 4.47. The molecule has 1 N–H and O–H groups in total. The van der Waals surface area contributed by atoms with Gasteiger partial charge >= 0.3 is 5.97 Å². The Hall–Kier alpha value is -3.39. The number of hydrogen-bond donors (Lipinski definition) is 1. The number of nitrogens with zero attached hydrogens (tertiary/aromatic N) is 1. The summed E-state index contributed by atoms with van der Waals surface area (Å²) < 4.78 is 22.0. The lowest BCUT2D eigenvalue weighted by atomic mass is 9.74. The average Bonchev–Trinajstić information content (AvgIpc) is 2.83. The number of carbonyl (C=O) groups excluding carboxylic acids is 2. The number of methoxy groups -OCH3 is 2. The van der Waals surface area contributed by atoms with Gasteiger partial charge in [0.05, 0.1) is 25.5 Å². The summed E-state index contributed by atoms with van der Waals surface area (Å²) in [6, 6.07) is 11.7. The highest BCUT2D eigenvalue weighted by molar-refractivity contribution is 6.15. The first-order valence-electron chi connectivity index (χ1n) is 11.9. The highest BCUT2D eigenvalue weighted by Gasteiger charge is 2.38. The van der Waals surface area contributed by atoms with Gasteiger partial charge in [0.1, 0.15) is 12.7 Å². The van der Waals surface area contributed by atoms with Gasteiger partial charge in [0.25, 0.3) is 0 Å². The Balaban J connectivity index is 1.77. The van der Waals surface area contributed by atoms with Crippen molar-refractivity contribution in [2.45, 2.75) is 51.2 Å². The molecule has 2 aromatic rings. The molecule has 8 heteroatoms. The van der Waals surface area contributed by atoms with Crippen LogP contribution >= 0.6 is 0 Å². The monoisotopic (exact) mass is 480 g/mol. The van der Waals surface area contributed by atoms with E-state index >= 15 is 0 Å². The lowest BCUT2D eigenvalue weighted by Crippen LogP contribution is -2.36. The highest BCUT2D eigenvalue weighted by atomic mass is 16.5. The number of ether oxygens (including phenoxy) is 4. The molecular formula is C27H32N2O6. The van der Waals surface area contributed by atoms with Crippen LogP contribution in [0.2, 0.25) is 0 Å². The first-order chi connectivity index (χ1) is 16.9. The van der Waals surface area contributed by atoms with Crippen LogP contribution in [0.5, 0.6) is 11.5 Å². The maximum atomic E-state index is 12.0. The van der Waals surface area contributed by atoms with E-state index in [0.29, 0.717) is 30.2 Å². The third-order valence-electron chi connectivity index (χ3n) is 6.38. The summed E-state index contributed by atoms with van der Waals surface area (Å²) >= 11 is 0. The molecule has 0 bridgehead atoms. The summed E-state index contributed by atoms with van der Waals surface area (Å²) in [7, 11) is 3.11. The summed E-state index contributed by atoms with van der Waals surface area (Å²) in [6.07, 6.45) is 2.16. The predicted molar refractivity (Wildman–Crippen MR) is 133 cm³/mol. The van der Waals surface area contributed by atoms with Gasteiger partial charge in [0.15, 0.2) is 11.5 Å². The molecule has 2 aromatic carbocycles. The van der Waals surface area contributed by atoms with E-state index in [1.807, 2.05) is 43.3 Å². The maximum absolute atomic E-state index is 12.0. The van der Waals surface area contributed by atoms with Crippen molar-refractivity contribution in [2.24, 2.45) is 4.99 Å². The number of amides is 1. The maximum Gasteiger partial charge on any atom is 0.302 e. The number of hydrogen-bond acceptors (Lipinski definition) is 7. The molecule has 3 atom stereocenters. The zero-order chi connectivity index (χ0) is 24.9. The molecule has 1 heterocycles. The molecule has 1 amide bonds. The van der Waals surface area contributed by atoms with Gasteiger partial charge in [-0.1, -0.05) is 12.1 Å². The van der Waals surface area contributed by atoms with Crippen molar-refractivity contribution in [3.63, 3.8) is 0 Å². The fourth-order valence-electron chi connectivity index (χ4n) is 5.00. The number of esters is 1. The summed E-state index contributed by atoms with van der Waals surface area (Å²) in [6.45, 7) is 3.89. The summed E-state index contributed by atoms with van der Waals surface area (Å²) in [5.74, 6) is 0.937. The second-order valence-corrected chi connectivity index (χ2v) is 8.78. The van der Waals surface area contributed by atoms with Crippen molar-refractivity contribution in [2.75, 3.05) is 32.8 Å². The number of benzene rings is 2. The molecule has 1 fully saturated rings. The Morgan fingerprint density at radius 2 is 1.94 bits per heavy atom. The number of anilines is 1. The third-order valence-corrected chi connectivity index (χ3v) is 6.38. The summed E-state index contributed by atoms with van der Waals surface area (Å²) in [4.78, 5) is 28.8. The zero-order valence-electron chi connectivity index (χ0n) is 20.6. The molecule has 8 nitrogen and oxygen atoms in total. The average molecular weight is 481 g/mol. The van der Waals surface area contributed by atoms with Gasteiger partial charge in [-0.3, -0.25) is 14.6 Å². The lowest BCUT2D eigenvalue weighted by Gasteiger charge is -2.38. The third kappa shape index (κ3) is 5.48. The van der Waals surface area contributed by atoms with Crippen LogP contribution in [-0.2, 0) is 19.1 Å². The number of nitrogens with one attached hydrogen (secondary N) is 1. The molecule has 186 valence electrons. The Labute approximate surface area is 205 Å². The topological polar surface area (TPSA) is 95.5 Å². The molecule has 35 heavy (non-hydrogen) atoms. The Morgan fingerprint density at radius 3 is 2.66 bits per heavy atom. The fraction of sp³-hybridized carbons (Fsp3) is 0.444. The molecule has 0 aromatic heterocycles. The quantitative estimate of drug-likeness (QED) is 0.572. The smallest absolute Gasteiger partial charge is 0.302 e. The predicted octanol–water partition coefficient (Wildman–Crippen LogP) is 4.10. The van der Waals surface area contributed by atoms with Gasteiger partial charge in [-0.25, -0.2) is 0 Å². The van der Waals surface area contributed by atoms with E-state index < -0.39 is 0 Å². The van der Waals surface area contributed by atoms with E-state index in [0.717, 1.165) is 35.2 Å². The van der Waals surface area contributed by atoms with Crippen molar-refractivity contribution in [1.29, 1.82) is 0 Å². The SMILES string of the molecule is CCOc1cc2c(cc1OC)C(c1cccc(NC(=O)COC)c1)=NC1CCC(OC(C)=O)CC21. The van der Waals surface area contributed by atoms with Crippen LogP contribution in [0.15, 0.2) is 41.4 Å². The number of carbonyl (C=O) groups is 2. The van der Waals surface area contributed by atoms with E-state index in [1.54, 1.807) is 7.11 Å². The molecule has 1 saturated carbocycles. The zero-order valence-corrected chi connectivity index (χ0v) is 20.6. The molecule has 0 radical (unpaired) electrons. The first kappa shape index (κ1) is 24.7. The van der Waals surface area contributed by atoms with E-state index in [1.165, 1.54) is 14.0 Å². The number of rotatable bonds is 8. The first-order valence-corrected chi connectivity index (χ1v) is 11.9. The lowest BCUT2D eigenvalue weighted by molar-refractivity contribution is -0.148. The largest absolute Gasteiger partial charge is 0.493 e. The van der Waals surface area contributed by atoms with Crippen LogP contribution in [0.4, 0.5) is 5.69 Å². The number of aliphatic imine (C=N–C) groups is 1. The molecule has 4 rings (SSSR count). The van der Waals surface area contributed by atoms with Crippen LogP contribution in [0.25, 0.3) is 0 Å². The molecule has 0 spiro atoms. The fourth-order valence-corrected chi connectivity index (χ4v) is 5.00. The van der Waals surface area contributed by atoms with Crippen molar-refractivity contribution in [3.05, 3.63) is 53.1 Å². The minimum atomic E-state index is -0.259. The van der Waals surface area contributed by atoms with Gasteiger partial charge < -0.3 is 24.3 Å². The Morgan fingerprint density at radius 1 is 1.11 bits per heavy atom. The van der Waals surface area contributed by atoms with E-state index in [9.17, 15) is 9.59 Å². The summed E-state index contributed by atoms with van der Waals surface area (Å²) in [5, 5.41) is 2.86. The van der Waals surface area contributed by atoms with Gasteiger partial charge in [-0.2, -0.15) is 0 Å². The van der Waals surface area contributed by atoms with Crippen LogP contribution in [0.1, 0.15) is 55.7 Å². The van der Waals surface area contributed by atoms with Gasteiger partial charge in [-0.05, 0) is 56.0 Å². The molecule has 2 aliphatic rings. The molecule has 3 unspecified atom stereocenters. The van der Waals surface area contributed by atoms with Crippen LogP contribution in [-0.4, -0.2) is 57.2 Å². The second kappa shape index (κ2) is 10.9. The van der Waals surface area contributed by atoms with E-state index in [2.05, 4.69) is 5.32 Å². The molecule has 0 saturated heterocycles. The number of fused-ring (bicyclic) bond motifs is 3. The second-order valence-electron chi connectivity index (χ2n) is 8.78. The normalized spacial score (nSPS) is 20.7. The van der Waals surface area contributed by atoms with Crippen LogP contribution < -0.4 is 14.8 Å². The van der Waals surface area contributed by atoms with Gasteiger partial charge in [0, 0.05) is 36.8 Å². The van der Waals surface area contributed by atoms with Crippen molar-refractivity contribution in [3.8, 4) is 11.5 Å². The Kier molecular flexibility index (Phi) is 7.70. The minimum Gasteiger partial charge on any atom is -0.493 e. The van der Waals surface area contributed by atoms with Crippen molar-refractivity contribution >= 4 is 23.3 Å². The van der Waals surface area contributed by atoms with Crippen LogP contribution in [0, 0.1) is 0 Å². The highest BCUT2D eigenvalue weighted by Crippen LogP contribution is 2.45. The van der Waals surface area contributed by atoms with Gasteiger partial charge in [-0.15, -0.1) is 0 Å².